The van der Waals surface area contributed by atoms with Crippen LogP contribution in [0.4, 0.5) is 0 Å². The molecule has 0 radical (unpaired) electrons. The lowest BCUT2D eigenvalue weighted by molar-refractivity contribution is -0.00668. The molecule has 2 N–H and O–H groups in total. The summed E-state index contributed by atoms with van der Waals surface area (Å²) in [7, 11) is 0. The lowest BCUT2D eigenvalue weighted by Gasteiger charge is -2.35. The van der Waals surface area contributed by atoms with Crippen LogP contribution in [-0.4, -0.2) is 62.9 Å². The molecule has 0 aromatic carbocycles. The quantitative estimate of drug-likeness (QED) is 0.594. The Morgan fingerprint density at radius 2 is 2.17 bits per heavy atom. The fourth-order valence-electron chi connectivity index (χ4n) is 1.98. The van der Waals surface area contributed by atoms with Gasteiger partial charge in [-0.1, -0.05) is 0 Å². The first-order valence-corrected chi connectivity index (χ1v) is 6.82. The summed E-state index contributed by atoms with van der Waals surface area (Å²) in [6.07, 6.45) is 1.68. The SMILES string of the molecule is CCOCCOCC(O)CNC1(C)CCCOC1. The van der Waals surface area contributed by atoms with Gasteiger partial charge in [0.15, 0.2) is 0 Å². The van der Waals surface area contributed by atoms with E-state index in [1.807, 2.05) is 6.92 Å². The zero-order valence-corrected chi connectivity index (χ0v) is 11.6. The molecule has 0 aromatic heterocycles. The molecule has 1 aliphatic rings. The molecule has 1 rings (SSSR count). The molecule has 5 heteroatoms. The average molecular weight is 261 g/mol. The lowest BCUT2D eigenvalue weighted by Crippen LogP contribution is -2.51. The Morgan fingerprint density at radius 1 is 1.39 bits per heavy atom. The summed E-state index contributed by atoms with van der Waals surface area (Å²) in [5, 5.41) is 13.1. The Labute approximate surface area is 110 Å². The number of hydrogen-bond donors (Lipinski definition) is 2. The predicted octanol–water partition coefficient (Wildman–Crippen LogP) is 0.559. The third-order valence-electron chi connectivity index (χ3n) is 3.09. The van der Waals surface area contributed by atoms with Gasteiger partial charge < -0.3 is 24.6 Å². The second-order valence-electron chi connectivity index (χ2n) is 5.02. The van der Waals surface area contributed by atoms with Crippen LogP contribution in [0, 0.1) is 0 Å². The van der Waals surface area contributed by atoms with Gasteiger partial charge in [0.1, 0.15) is 0 Å². The van der Waals surface area contributed by atoms with Crippen molar-refractivity contribution in [3.8, 4) is 0 Å². The maximum absolute atomic E-state index is 9.78. The second-order valence-corrected chi connectivity index (χ2v) is 5.02. The largest absolute Gasteiger partial charge is 0.389 e. The van der Waals surface area contributed by atoms with Crippen molar-refractivity contribution in [1.29, 1.82) is 0 Å². The Kier molecular flexibility index (Phi) is 7.77. The van der Waals surface area contributed by atoms with Crippen LogP contribution in [0.25, 0.3) is 0 Å². The van der Waals surface area contributed by atoms with E-state index in [9.17, 15) is 5.11 Å². The van der Waals surface area contributed by atoms with Crippen LogP contribution in [0.2, 0.25) is 0 Å². The lowest BCUT2D eigenvalue weighted by atomic mass is 9.95. The van der Waals surface area contributed by atoms with Gasteiger partial charge in [-0.3, -0.25) is 0 Å². The van der Waals surface area contributed by atoms with E-state index >= 15 is 0 Å². The highest BCUT2D eigenvalue weighted by molar-refractivity contribution is 4.86. The number of aliphatic hydroxyl groups excluding tert-OH is 1. The Balaban J connectivity index is 2.03. The summed E-state index contributed by atoms with van der Waals surface area (Å²) < 4.78 is 15.9. The highest BCUT2D eigenvalue weighted by atomic mass is 16.5. The predicted molar refractivity (Wildman–Crippen MR) is 69.8 cm³/mol. The van der Waals surface area contributed by atoms with Gasteiger partial charge in [-0.25, -0.2) is 0 Å². The summed E-state index contributed by atoms with van der Waals surface area (Å²) in [5.41, 5.74) is -0.00937. The van der Waals surface area contributed by atoms with Crippen molar-refractivity contribution in [2.45, 2.75) is 38.3 Å². The molecule has 0 amide bonds. The van der Waals surface area contributed by atoms with E-state index in [-0.39, 0.29) is 5.54 Å². The van der Waals surface area contributed by atoms with E-state index in [2.05, 4.69) is 12.2 Å². The minimum atomic E-state index is -0.481. The van der Waals surface area contributed by atoms with Crippen LogP contribution in [0.1, 0.15) is 26.7 Å². The molecule has 0 aliphatic carbocycles. The molecule has 1 heterocycles. The van der Waals surface area contributed by atoms with E-state index < -0.39 is 6.10 Å². The molecule has 0 saturated carbocycles. The minimum Gasteiger partial charge on any atom is -0.389 e. The zero-order chi connectivity index (χ0) is 13.3. The molecule has 0 bridgehead atoms. The van der Waals surface area contributed by atoms with Crippen molar-refractivity contribution in [3.63, 3.8) is 0 Å². The highest BCUT2D eigenvalue weighted by Gasteiger charge is 2.27. The molecule has 1 saturated heterocycles. The number of β-amino-alcohol motifs (C(OH)–C–C–N with tert-alkyl or cyclic N) is 1. The van der Waals surface area contributed by atoms with Crippen molar-refractivity contribution in [2.24, 2.45) is 0 Å². The topological polar surface area (TPSA) is 60.0 Å². The molecule has 2 atom stereocenters. The van der Waals surface area contributed by atoms with Gasteiger partial charge >= 0.3 is 0 Å². The first kappa shape index (κ1) is 15.9. The van der Waals surface area contributed by atoms with Gasteiger partial charge in [-0.05, 0) is 26.7 Å². The molecule has 1 fully saturated rings. The first-order valence-electron chi connectivity index (χ1n) is 6.82. The maximum Gasteiger partial charge on any atom is 0.0897 e. The number of aliphatic hydroxyl groups is 1. The van der Waals surface area contributed by atoms with Gasteiger partial charge in [0.05, 0.1) is 32.5 Å². The number of rotatable bonds is 9. The van der Waals surface area contributed by atoms with Crippen molar-refractivity contribution >= 4 is 0 Å². The molecular formula is C13H27NO4. The van der Waals surface area contributed by atoms with Crippen molar-refractivity contribution < 1.29 is 19.3 Å². The molecule has 1 aliphatic heterocycles. The molecule has 108 valence electrons. The van der Waals surface area contributed by atoms with Gasteiger partial charge in [0.25, 0.3) is 0 Å². The third kappa shape index (κ3) is 6.66. The van der Waals surface area contributed by atoms with Crippen molar-refractivity contribution in [2.75, 3.05) is 46.2 Å². The average Bonchev–Trinajstić information content (AvgIpc) is 2.37. The summed E-state index contributed by atoms with van der Waals surface area (Å²) in [4.78, 5) is 0. The van der Waals surface area contributed by atoms with Crippen LogP contribution in [-0.2, 0) is 14.2 Å². The summed E-state index contributed by atoms with van der Waals surface area (Å²) in [5.74, 6) is 0. The molecule has 5 nitrogen and oxygen atoms in total. The Morgan fingerprint density at radius 3 is 2.83 bits per heavy atom. The van der Waals surface area contributed by atoms with Crippen LogP contribution >= 0.6 is 0 Å². The molecular weight excluding hydrogens is 234 g/mol. The third-order valence-corrected chi connectivity index (χ3v) is 3.09. The van der Waals surface area contributed by atoms with E-state index in [1.165, 1.54) is 0 Å². The summed E-state index contributed by atoms with van der Waals surface area (Å²) in [6, 6.07) is 0. The van der Waals surface area contributed by atoms with Crippen LogP contribution in [0.15, 0.2) is 0 Å². The fourth-order valence-corrected chi connectivity index (χ4v) is 1.98. The smallest absolute Gasteiger partial charge is 0.0897 e. The van der Waals surface area contributed by atoms with Gasteiger partial charge in [0.2, 0.25) is 0 Å². The van der Waals surface area contributed by atoms with Crippen LogP contribution in [0.3, 0.4) is 0 Å². The molecule has 0 aromatic rings. The van der Waals surface area contributed by atoms with Crippen molar-refractivity contribution in [3.05, 3.63) is 0 Å². The number of nitrogens with one attached hydrogen (secondary N) is 1. The van der Waals surface area contributed by atoms with Gasteiger partial charge in [0, 0.05) is 25.3 Å². The van der Waals surface area contributed by atoms with E-state index in [4.69, 9.17) is 14.2 Å². The normalized spacial score (nSPS) is 26.2. The van der Waals surface area contributed by atoms with E-state index in [0.717, 1.165) is 19.4 Å². The Hall–Kier alpha value is -0.200. The Bertz CT molecular complexity index is 207. The zero-order valence-electron chi connectivity index (χ0n) is 11.6. The first-order chi connectivity index (χ1) is 8.66. The fraction of sp³-hybridized carbons (Fsp3) is 1.00. The summed E-state index contributed by atoms with van der Waals surface area (Å²) >= 11 is 0. The van der Waals surface area contributed by atoms with Gasteiger partial charge in [-0.15, -0.1) is 0 Å². The van der Waals surface area contributed by atoms with Crippen molar-refractivity contribution in [1.82, 2.24) is 5.32 Å². The monoisotopic (exact) mass is 261 g/mol. The number of hydrogen-bond acceptors (Lipinski definition) is 5. The summed E-state index contributed by atoms with van der Waals surface area (Å²) in [6.45, 7) is 8.34. The highest BCUT2D eigenvalue weighted by Crippen LogP contribution is 2.17. The van der Waals surface area contributed by atoms with Gasteiger partial charge in [-0.2, -0.15) is 0 Å². The molecule has 18 heavy (non-hydrogen) atoms. The molecule has 2 unspecified atom stereocenters. The molecule has 0 spiro atoms. The standard InChI is InChI=1S/C13H27NO4/c1-3-16-7-8-17-10-12(15)9-14-13(2)5-4-6-18-11-13/h12,14-15H,3-11H2,1-2H3. The van der Waals surface area contributed by atoms with Crippen LogP contribution in [0.5, 0.6) is 0 Å². The minimum absolute atomic E-state index is 0.00937. The van der Waals surface area contributed by atoms with Crippen LogP contribution < -0.4 is 5.32 Å². The van der Waals surface area contributed by atoms with E-state index in [1.54, 1.807) is 0 Å². The van der Waals surface area contributed by atoms with E-state index in [0.29, 0.717) is 39.6 Å². The number of ether oxygens (including phenoxy) is 3. The second kappa shape index (κ2) is 8.82. The maximum atomic E-state index is 9.78.